The second-order valence-electron chi connectivity index (χ2n) is 10.2. The number of morpholine rings is 1. The van der Waals surface area contributed by atoms with Gasteiger partial charge in [-0.2, -0.15) is 0 Å². The molecule has 210 valence electrons. The molecule has 2 aliphatic heterocycles. The minimum atomic E-state index is -0.774. The summed E-state index contributed by atoms with van der Waals surface area (Å²) in [6.45, 7) is 9.01. The van der Waals surface area contributed by atoms with Crippen LogP contribution in [-0.4, -0.2) is 79.7 Å². The maximum atomic E-state index is 13.4. The topological polar surface area (TPSA) is 88.5 Å². The molecule has 0 spiro atoms. The maximum absolute atomic E-state index is 13.4. The van der Waals surface area contributed by atoms with Crippen molar-refractivity contribution in [2.75, 3.05) is 53.1 Å². The number of benzene rings is 2. The zero-order valence-corrected chi connectivity index (χ0v) is 23.6. The second kappa shape index (κ2) is 13.3. The minimum absolute atomic E-state index is 0.0456. The fourth-order valence-corrected chi connectivity index (χ4v) is 5.01. The Balaban J connectivity index is 1.68. The van der Waals surface area contributed by atoms with E-state index in [1.807, 2.05) is 6.07 Å². The van der Waals surface area contributed by atoms with Crippen LogP contribution in [0.3, 0.4) is 0 Å². The Morgan fingerprint density at radius 3 is 2.46 bits per heavy atom. The number of aliphatic hydroxyl groups is 1. The highest BCUT2D eigenvalue weighted by molar-refractivity contribution is 6.46. The molecular formula is C30H37ClN2O6. The first kappa shape index (κ1) is 28.9. The molecule has 2 heterocycles. The van der Waals surface area contributed by atoms with E-state index >= 15 is 0 Å². The summed E-state index contributed by atoms with van der Waals surface area (Å²) in [5, 5.41) is 11.8. The van der Waals surface area contributed by atoms with E-state index in [0.717, 1.165) is 26.1 Å². The molecule has 1 amide bonds. The van der Waals surface area contributed by atoms with Crippen molar-refractivity contribution in [3.05, 3.63) is 64.2 Å². The van der Waals surface area contributed by atoms with Gasteiger partial charge in [0.15, 0.2) is 11.5 Å². The normalized spacial score (nSPS) is 19.6. The van der Waals surface area contributed by atoms with Gasteiger partial charge in [-0.05, 0) is 60.7 Å². The molecule has 0 bridgehead atoms. The van der Waals surface area contributed by atoms with Gasteiger partial charge in [0.05, 0.1) is 38.5 Å². The maximum Gasteiger partial charge on any atom is 0.295 e. The number of hydrogen-bond acceptors (Lipinski definition) is 7. The number of carbonyl (C=O) groups is 2. The predicted molar refractivity (Wildman–Crippen MR) is 150 cm³/mol. The van der Waals surface area contributed by atoms with Crippen LogP contribution in [0.25, 0.3) is 5.76 Å². The number of methoxy groups -OCH3 is 1. The molecule has 2 fully saturated rings. The van der Waals surface area contributed by atoms with E-state index < -0.39 is 17.7 Å². The van der Waals surface area contributed by atoms with Crippen LogP contribution in [0.15, 0.2) is 48.0 Å². The number of ether oxygens (including phenoxy) is 3. The predicted octanol–water partition coefficient (Wildman–Crippen LogP) is 4.92. The van der Waals surface area contributed by atoms with E-state index in [1.165, 1.54) is 0 Å². The lowest BCUT2D eigenvalue weighted by molar-refractivity contribution is -0.140. The zero-order valence-electron chi connectivity index (χ0n) is 22.8. The molecule has 39 heavy (non-hydrogen) atoms. The Kier molecular flexibility index (Phi) is 9.88. The quantitative estimate of drug-likeness (QED) is 0.239. The van der Waals surface area contributed by atoms with E-state index in [2.05, 4.69) is 18.7 Å². The lowest BCUT2D eigenvalue weighted by Gasteiger charge is -2.29. The molecule has 4 rings (SSSR count). The summed E-state index contributed by atoms with van der Waals surface area (Å²) < 4.78 is 17.0. The van der Waals surface area contributed by atoms with Crippen LogP contribution in [0.4, 0.5) is 0 Å². The molecule has 2 aliphatic rings. The van der Waals surface area contributed by atoms with E-state index in [4.69, 9.17) is 25.8 Å². The van der Waals surface area contributed by atoms with Crippen molar-refractivity contribution in [1.82, 2.24) is 9.80 Å². The molecule has 9 heteroatoms. The summed E-state index contributed by atoms with van der Waals surface area (Å²) in [4.78, 5) is 30.5. The number of Topliss-reactive ketones (excluding diaryl/α,β-unsaturated/α-hetero) is 1. The molecule has 2 aromatic rings. The summed E-state index contributed by atoms with van der Waals surface area (Å²) in [7, 11) is 1.56. The van der Waals surface area contributed by atoms with Gasteiger partial charge in [0.2, 0.25) is 0 Å². The molecule has 1 atom stereocenters. The van der Waals surface area contributed by atoms with Gasteiger partial charge >= 0.3 is 0 Å². The summed E-state index contributed by atoms with van der Waals surface area (Å²) >= 11 is 6.03. The number of nitrogens with zero attached hydrogens (tertiary/aromatic N) is 2. The summed E-state index contributed by atoms with van der Waals surface area (Å²) in [5.41, 5.74) is 1.12. The molecule has 0 aliphatic carbocycles. The number of carbonyl (C=O) groups excluding carboxylic acids is 2. The third-order valence-corrected chi connectivity index (χ3v) is 7.34. The van der Waals surface area contributed by atoms with Gasteiger partial charge in [-0.1, -0.05) is 31.5 Å². The summed E-state index contributed by atoms with van der Waals surface area (Å²) in [6.07, 6.45) is 1.58. The fraction of sp³-hybridized carbons (Fsp3) is 0.467. The molecule has 2 saturated heterocycles. The van der Waals surface area contributed by atoms with Crippen molar-refractivity contribution in [1.29, 1.82) is 0 Å². The summed E-state index contributed by atoms with van der Waals surface area (Å²) in [6, 6.07) is 11.2. The standard InChI is InChI=1S/C30H37ClN2O6/c1-20(2)11-16-39-24-10-7-22(19-25(24)37-3)27-26(28(34)21-5-8-23(31)9-6-21)29(35)30(36)33(27)13-4-12-32-14-17-38-18-15-32/h5-10,19-20,27,34H,4,11-18H2,1-3H3. The molecular weight excluding hydrogens is 520 g/mol. The van der Waals surface area contributed by atoms with E-state index in [-0.39, 0.29) is 11.3 Å². The fourth-order valence-electron chi connectivity index (χ4n) is 4.89. The van der Waals surface area contributed by atoms with Crippen LogP contribution in [0.1, 0.15) is 43.9 Å². The summed E-state index contributed by atoms with van der Waals surface area (Å²) in [5.74, 6) is 0.0107. The van der Waals surface area contributed by atoms with Crippen LogP contribution in [-0.2, 0) is 14.3 Å². The lowest BCUT2D eigenvalue weighted by Crippen LogP contribution is -2.39. The zero-order chi connectivity index (χ0) is 27.9. The Bertz CT molecular complexity index is 1190. The third-order valence-electron chi connectivity index (χ3n) is 7.09. The monoisotopic (exact) mass is 556 g/mol. The first-order valence-electron chi connectivity index (χ1n) is 13.4. The average Bonchev–Trinajstić information content (AvgIpc) is 3.18. The van der Waals surface area contributed by atoms with Crippen molar-refractivity contribution in [3.63, 3.8) is 0 Å². The smallest absolute Gasteiger partial charge is 0.295 e. The Labute approximate surface area is 235 Å². The molecule has 0 radical (unpaired) electrons. The highest BCUT2D eigenvalue weighted by atomic mass is 35.5. The number of hydrogen-bond donors (Lipinski definition) is 1. The number of ketones is 1. The SMILES string of the molecule is COc1cc(C2C(=C(O)c3ccc(Cl)cc3)C(=O)C(=O)N2CCCN2CCOCC2)ccc1OCCC(C)C. The first-order chi connectivity index (χ1) is 18.8. The highest BCUT2D eigenvalue weighted by Gasteiger charge is 2.46. The van der Waals surface area contributed by atoms with E-state index in [9.17, 15) is 14.7 Å². The van der Waals surface area contributed by atoms with Gasteiger partial charge in [-0.3, -0.25) is 14.5 Å². The van der Waals surface area contributed by atoms with Gasteiger partial charge in [-0.15, -0.1) is 0 Å². The minimum Gasteiger partial charge on any atom is -0.507 e. The molecule has 0 saturated carbocycles. The third kappa shape index (κ3) is 6.93. The van der Waals surface area contributed by atoms with Crippen LogP contribution in [0.2, 0.25) is 5.02 Å². The molecule has 2 aromatic carbocycles. The lowest BCUT2D eigenvalue weighted by atomic mass is 9.95. The number of aliphatic hydroxyl groups excluding tert-OH is 1. The number of amides is 1. The molecule has 0 aromatic heterocycles. The first-order valence-corrected chi connectivity index (χ1v) is 13.8. The van der Waals surface area contributed by atoms with Crippen LogP contribution in [0.5, 0.6) is 11.5 Å². The van der Waals surface area contributed by atoms with E-state index in [0.29, 0.717) is 66.4 Å². The van der Waals surface area contributed by atoms with Gasteiger partial charge in [-0.25, -0.2) is 0 Å². The number of halogens is 1. The van der Waals surface area contributed by atoms with Gasteiger partial charge in [0, 0.05) is 36.8 Å². The Morgan fingerprint density at radius 2 is 1.79 bits per heavy atom. The number of rotatable bonds is 11. The van der Waals surface area contributed by atoms with Gasteiger partial charge in [0.1, 0.15) is 5.76 Å². The largest absolute Gasteiger partial charge is 0.507 e. The van der Waals surface area contributed by atoms with Crippen molar-refractivity contribution < 1.29 is 28.9 Å². The van der Waals surface area contributed by atoms with Crippen molar-refractivity contribution in [3.8, 4) is 11.5 Å². The molecule has 1 N–H and O–H groups in total. The second-order valence-corrected chi connectivity index (χ2v) is 10.7. The van der Waals surface area contributed by atoms with Crippen LogP contribution < -0.4 is 9.47 Å². The number of likely N-dealkylation sites (tertiary alicyclic amines) is 1. The van der Waals surface area contributed by atoms with E-state index in [1.54, 1.807) is 48.4 Å². The van der Waals surface area contributed by atoms with Crippen molar-refractivity contribution in [2.45, 2.75) is 32.7 Å². The van der Waals surface area contributed by atoms with Gasteiger partial charge in [0.25, 0.3) is 11.7 Å². The molecule has 8 nitrogen and oxygen atoms in total. The molecule has 1 unspecified atom stereocenters. The Morgan fingerprint density at radius 1 is 1.08 bits per heavy atom. The van der Waals surface area contributed by atoms with Crippen molar-refractivity contribution >= 4 is 29.1 Å². The van der Waals surface area contributed by atoms with Crippen molar-refractivity contribution in [2.24, 2.45) is 5.92 Å². The average molecular weight is 557 g/mol. The van der Waals surface area contributed by atoms with Gasteiger partial charge < -0.3 is 24.2 Å². The highest BCUT2D eigenvalue weighted by Crippen LogP contribution is 2.42. The van der Waals surface area contributed by atoms with Crippen LogP contribution >= 0.6 is 11.6 Å². The Hall–Kier alpha value is -3.07. The van der Waals surface area contributed by atoms with Crippen LogP contribution in [0, 0.1) is 5.92 Å².